The predicted molar refractivity (Wildman–Crippen MR) is 130 cm³/mol. The van der Waals surface area contributed by atoms with E-state index in [1.807, 2.05) is 6.07 Å². The third kappa shape index (κ3) is 4.82. The molecule has 1 aromatic heterocycles. The molecule has 0 saturated carbocycles. The van der Waals surface area contributed by atoms with E-state index >= 15 is 8.78 Å². The van der Waals surface area contributed by atoms with Gasteiger partial charge in [-0.2, -0.15) is 26.9 Å². The molecule has 0 atom stereocenters. The van der Waals surface area contributed by atoms with Gasteiger partial charge < -0.3 is 9.47 Å². The lowest BCUT2D eigenvalue weighted by Crippen LogP contribution is -2.30. The maximum absolute atomic E-state index is 15.1. The SMILES string of the molecule is COCCOc1cc(F)c(-c2cc3cc(-c4ccc(C#N)cc4C)ccc3n2S(=O)(=O)C(F)(F)F)c(F)c1. The highest BCUT2D eigenvalue weighted by Gasteiger charge is 2.49. The van der Waals surface area contributed by atoms with Gasteiger partial charge in [-0.05, 0) is 53.9 Å². The molecule has 0 bridgehead atoms. The molecular formula is C26H19F5N2O4S. The summed E-state index contributed by atoms with van der Waals surface area (Å²) in [5.41, 5.74) is -5.78. The summed E-state index contributed by atoms with van der Waals surface area (Å²) in [5.74, 6) is -2.88. The van der Waals surface area contributed by atoms with Crippen molar-refractivity contribution in [2.75, 3.05) is 20.3 Å². The zero-order chi connectivity index (χ0) is 27.8. The first-order chi connectivity index (χ1) is 17.9. The van der Waals surface area contributed by atoms with Crippen LogP contribution in [0.3, 0.4) is 0 Å². The maximum atomic E-state index is 15.1. The molecule has 6 nitrogen and oxygen atoms in total. The lowest BCUT2D eigenvalue weighted by Gasteiger charge is -2.16. The average molecular weight is 551 g/mol. The van der Waals surface area contributed by atoms with Gasteiger partial charge in [-0.3, -0.25) is 0 Å². The smallest absolute Gasteiger partial charge is 0.491 e. The van der Waals surface area contributed by atoms with Crippen LogP contribution < -0.4 is 4.74 Å². The molecule has 0 saturated heterocycles. The summed E-state index contributed by atoms with van der Waals surface area (Å²) in [6.45, 7) is 1.80. The van der Waals surface area contributed by atoms with Crippen LogP contribution in [-0.4, -0.2) is 38.2 Å². The normalized spacial score (nSPS) is 12.1. The van der Waals surface area contributed by atoms with Crippen LogP contribution in [0, 0.1) is 29.9 Å². The van der Waals surface area contributed by atoms with E-state index in [9.17, 15) is 21.6 Å². The molecule has 198 valence electrons. The lowest BCUT2D eigenvalue weighted by atomic mass is 9.98. The lowest BCUT2D eigenvalue weighted by molar-refractivity contribution is -0.0444. The first-order valence-corrected chi connectivity index (χ1v) is 12.4. The molecule has 0 aliphatic heterocycles. The summed E-state index contributed by atoms with van der Waals surface area (Å²) in [5, 5.41) is 9.08. The fraction of sp³-hybridized carbons (Fsp3) is 0.192. The molecule has 3 aromatic carbocycles. The standard InChI is InChI=1S/C26H19F5N2O4S/c1-15-9-16(14-32)3-5-20(15)17-4-6-23-18(10-17)11-24(33(23)38(34,35)26(29,30)31)25-21(27)12-19(13-22(25)28)37-8-7-36-2/h3-6,9-13H,7-8H2,1-2H3. The predicted octanol–water partition coefficient (Wildman–Crippen LogP) is 6.16. The Bertz CT molecular complexity index is 1670. The van der Waals surface area contributed by atoms with Gasteiger partial charge in [-0.25, -0.2) is 12.8 Å². The van der Waals surface area contributed by atoms with E-state index in [4.69, 9.17) is 14.7 Å². The second-order valence-electron chi connectivity index (χ2n) is 8.26. The Hall–Kier alpha value is -3.95. The molecule has 0 fully saturated rings. The van der Waals surface area contributed by atoms with Gasteiger partial charge in [0.2, 0.25) is 0 Å². The van der Waals surface area contributed by atoms with Crippen molar-refractivity contribution in [1.82, 2.24) is 3.97 Å². The van der Waals surface area contributed by atoms with Crippen molar-refractivity contribution in [3.63, 3.8) is 0 Å². The largest absolute Gasteiger partial charge is 0.517 e. The van der Waals surface area contributed by atoms with Crippen molar-refractivity contribution >= 4 is 20.9 Å². The molecular weight excluding hydrogens is 531 g/mol. The highest BCUT2D eigenvalue weighted by molar-refractivity contribution is 7.91. The molecule has 0 amide bonds. The summed E-state index contributed by atoms with van der Waals surface area (Å²) in [7, 11) is -4.70. The van der Waals surface area contributed by atoms with E-state index in [0.717, 1.165) is 24.3 Å². The van der Waals surface area contributed by atoms with Crippen molar-refractivity contribution in [2.45, 2.75) is 12.4 Å². The molecule has 0 aliphatic carbocycles. The van der Waals surface area contributed by atoms with Crippen molar-refractivity contribution in [2.24, 2.45) is 0 Å². The molecule has 1 heterocycles. The number of alkyl halides is 3. The van der Waals surface area contributed by atoms with Gasteiger partial charge in [0.1, 0.15) is 24.0 Å². The van der Waals surface area contributed by atoms with Crippen LogP contribution >= 0.6 is 0 Å². The second-order valence-corrected chi connectivity index (χ2v) is 10.0. The van der Waals surface area contributed by atoms with Crippen LogP contribution in [-0.2, 0) is 14.8 Å². The minimum atomic E-state index is -6.09. The van der Waals surface area contributed by atoms with Crippen molar-refractivity contribution in [3.8, 4) is 34.2 Å². The number of rotatable bonds is 7. The van der Waals surface area contributed by atoms with Gasteiger partial charge in [-0.1, -0.05) is 12.1 Å². The van der Waals surface area contributed by atoms with Crippen LogP contribution in [0.4, 0.5) is 22.0 Å². The van der Waals surface area contributed by atoms with Crippen molar-refractivity contribution in [1.29, 1.82) is 5.26 Å². The number of methoxy groups -OCH3 is 1. The molecule has 0 aliphatic rings. The Labute approximate surface area is 214 Å². The minimum Gasteiger partial charge on any atom is -0.491 e. The number of nitrogens with zero attached hydrogens (tertiary/aromatic N) is 2. The number of hydrogen-bond donors (Lipinski definition) is 0. The van der Waals surface area contributed by atoms with Gasteiger partial charge in [0.25, 0.3) is 0 Å². The summed E-state index contributed by atoms with van der Waals surface area (Å²) < 4.78 is 106. The molecule has 0 N–H and O–H groups in total. The quantitative estimate of drug-likeness (QED) is 0.204. The van der Waals surface area contributed by atoms with Crippen LogP contribution in [0.5, 0.6) is 5.75 Å². The van der Waals surface area contributed by atoms with E-state index in [2.05, 4.69) is 0 Å². The summed E-state index contributed by atoms with van der Waals surface area (Å²) in [6, 6.07) is 13.2. The Morgan fingerprint density at radius 1 is 0.974 bits per heavy atom. The van der Waals surface area contributed by atoms with Crippen LogP contribution in [0.2, 0.25) is 0 Å². The van der Waals surface area contributed by atoms with Crippen LogP contribution in [0.15, 0.2) is 54.6 Å². The maximum Gasteiger partial charge on any atom is 0.517 e. The number of aromatic nitrogens is 1. The molecule has 12 heteroatoms. The first kappa shape index (κ1) is 27.1. The molecule has 4 aromatic rings. The van der Waals surface area contributed by atoms with Gasteiger partial charge in [0.05, 0.1) is 35.0 Å². The van der Waals surface area contributed by atoms with Gasteiger partial charge in [0.15, 0.2) is 0 Å². The number of benzene rings is 3. The summed E-state index contributed by atoms with van der Waals surface area (Å²) >= 11 is 0. The Kier molecular flexibility index (Phi) is 7.18. The second kappa shape index (κ2) is 10.1. The molecule has 38 heavy (non-hydrogen) atoms. The highest BCUT2D eigenvalue weighted by atomic mass is 32.2. The zero-order valence-electron chi connectivity index (χ0n) is 19.9. The number of hydrogen-bond acceptors (Lipinski definition) is 5. The Balaban J connectivity index is 1.96. The first-order valence-electron chi connectivity index (χ1n) is 11.0. The number of ether oxygens (including phenoxy) is 2. The van der Waals surface area contributed by atoms with E-state index in [1.165, 1.54) is 19.2 Å². The number of fused-ring (bicyclic) bond motifs is 1. The van der Waals surface area contributed by atoms with Crippen molar-refractivity contribution < 1.29 is 39.8 Å². The van der Waals surface area contributed by atoms with Gasteiger partial charge >= 0.3 is 15.5 Å². The third-order valence-corrected chi connectivity index (χ3v) is 7.24. The molecule has 4 rings (SSSR count). The van der Waals surface area contributed by atoms with E-state index in [-0.39, 0.29) is 28.3 Å². The highest BCUT2D eigenvalue weighted by Crippen LogP contribution is 2.40. The monoisotopic (exact) mass is 550 g/mol. The molecule has 0 unspecified atom stereocenters. The van der Waals surface area contributed by atoms with E-state index < -0.39 is 43.9 Å². The van der Waals surface area contributed by atoms with Gasteiger partial charge in [-0.15, -0.1) is 0 Å². The van der Waals surface area contributed by atoms with Crippen molar-refractivity contribution in [3.05, 3.63) is 77.4 Å². The Morgan fingerprint density at radius 2 is 1.66 bits per heavy atom. The van der Waals surface area contributed by atoms with E-state index in [1.54, 1.807) is 25.1 Å². The molecule has 0 spiro atoms. The van der Waals surface area contributed by atoms with Crippen LogP contribution in [0.1, 0.15) is 11.1 Å². The summed E-state index contributed by atoms with van der Waals surface area (Å²) in [4.78, 5) is 0. The van der Waals surface area contributed by atoms with Gasteiger partial charge in [0, 0.05) is 24.6 Å². The number of aryl methyl sites for hydroxylation is 1. The third-order valence-electron chi connectivity index (χ3n) is 5.78. The number of nitriles is 1. The molecule has 0 radical (unpaired) electrons. The summed E-state index contributed by atoms with van der Waals surface area (Å²) in [6.07, 6.45) is 0. The zero-order valence-corrected chi connectivity index (χ0v) is 20.8. The topological polar surface area (TPSA) is 81.3 Å². The average Bonchev–Trinajstić information content (AvgIpc) is 3.21. The van der Waals surface area contributed by atoms with E-state index in [0.29, 0.717) is 22.3 Å². The fourth-order valence-corrected chi connectivity index (χ4v) is 5.11. The fourth-order valence-electron chi connectivity index (χ4n) is 4.07. The van der Waals surface area contributed by atoms with Crippen LogP contribution in [0.25, 0.3) is 33.3 Å². The Morgan fingerprint density at radius 3 is 2.24 bits per heavy atom. The number of halogens is 5. The minimum absolute atomic E-state index is 0.00620.